The number of hydrogen-bond donors (Lipinski definition) is 1. The number of rotatable bonds is 7. The Balaban J connectivity index is 1.41. The van der Waals surface area contributed by atoms with Gasteiger partial charge in [-0.3, -0.25) is 9.69 Å². The van der Waals surface area contributed by atoms with Crippen molar-refractivity contribution in [3.63, 3.8) is 0 Å². The quantitative estimate of drug-likeness (QED) is 0.672. The molecule has 0 bridgehead atoms. The van der Waals surface area contributed by atoms with E-state index in [1.54, 1.807) is 18.6 Å². The van der Waals surface area contributed by atoms with E-state index in [9.17, 15) is 4.79 Å². The van der Waals surface area contributed by atoms with Crippen LogP contribution in [0.3, 0.4) is 0 Å². The summed E-state index contributed by atoms with van der Waals surface area (Å²) in [5.41, 5.74) is 0.671. The van der Waals surface area contributed by atoms with Crippen molar-refractivity contribution in [2.45, 2.75) is 19.5 Å². The van der Waals surface area contributed by atoms with Crippen LogP contribution in [-0.2, 0) is 17.9 Å². The summed E-state index contributed by atoms with van der Waals surface area (Å²) in [4.78, 5) is 14.6. The van der Waals surface area contributed by atoms with Crippen molar-refractivity contribution in [2.75, 3.05) is 25.1 Å². The molecule has 1 amide bonds. The number of fused-ring (bicyclic) bond motifs is 1. The van der Waals surface area contributed by atoms with Gasteiger partial charge in [-0.1, -0.05) is 0 Å². The Kier molecular flexibility index (Phi) is 5.63. The molecular formula is C21H22N2O5. The maximum absolute atomic E-state index is 12.6. The summed E-state index contributed by atoms with van der Waals surface area (Å²) in [6, 6.07) is 12.9. The first-order valence-corrected chi connectivity index (χ1v) is 9.23. The van der Waals surface area contributed by atoms with E-state index in [1.807, 2.05) is 41.3 Å². The molecule has 0 fully saturated rings. The first-order valence-electron chi connectivity index (χ1n) is 9.23. The average molecular weight is 382 g/mol. The number of carbonyl (C=O) groups is 1. The number of anilines is 1. The Morgan fingerprint density at radius 2 is 1.61 bits per heavy atom. The van der Waals surface area contributed by atoms with Crippen molar-refractivity contribution in [2.24, 2.45) is 0 Å². The van der Waals surface area contributed by atoms with Crippen LogP contribution >= 0.6 is 0 Å². The molecule has 4 rings (SSSR count). The third-order valence-electron chi connectivity index (χ3n) is 4.32. The maximum atomic E-state index is 12.6. The van der Waals surface area contributed by atoms with Gasteiger partial charge in [-0.2, -0.15) is 0 Å². The molecule has 1 aromatic carbocycles. The van der Waals surface area contributed by atoms with Gasteiger partial charge in [0.15, 0.2) is 11.5 Å². The SMILES string of the molecule is O=C(CN(Cc1ccco1)Cc1ccco1)Nc1ccc2c(c1)OCCCO2. The normalized spacial score (nSPS) is 13.3. The Morgan fingerprint density at radius 1 is 0.929 bits per heavy atom. The van der Waals surface area contributed by atoms with Gasteiger partial charge < -0.3 is 23.6 Å². The molecule has 0 saturated heterocycles. The topological polar surface area (TPSA) is 77.1 Å². The standard InChI is InChI=1S/C21H22N2O5/c24-21(22-16-6-7-19-20(12-16)28-11-3-10-27-19)15-23(13-17-4-1-8-25-17)14-18-5-2-9-26-18/h1-2,4-9,12H,3,10-11,13-15H2,(H,22,24). The minimum atomic E-state index is -0.132. The predicted octanol–water partition coefficient (Wildman–Crippen LogP) is 3.67. The second-order valence-corrected chi connectivity index (χ2v) is 6.56. The van der Waals surface area contributed by atoms with Crippen molar-refractivity contribution in [1.82, 2.24) is 4.90 Å². The summed E-state index contributed by atoms with van der Waals surface area (Å²) >= 11 is 0. The van der Waals surface area contributed by atoms with Gasteiger partial charge in [0.25, 0.3) is 0 Å². The second-order valence-electron chi connectivity index (χ2n) is 6.56. The predicted molar refractivity (Wildman–Crippen MR) is 102 cm³/mol. The molecule has 0 radical (unpaired) electrons. The number of nitrogens with zero attached hydrogens (tertiary/aromatic N) is 1. The third-order valence-corrected chi connectivity index (χ3v) is 4.32. The summed E-state index contributed by atoms with van der Waals surface area (Å²) < 4.78 is 22.1. The molecular weight excluding hydrogens is 360 g/mol. The Morgan fingerprint density at radius 3 is 2.25 bits per heavy atom. The molecule has 2 aromatic heterocycles. The fourth-order valence-electron chi connectivity index (χ4n) is 3.06. The molecule has 0 aliphatic carbocycles. The van der Waals surface area contributed by atoms with Crippen LogP contribution in [0.15, 0.2) is 63.8 Å². The van der Waals surface area contributed by atoms with Crippen LogP contribution in [0.25, 0.3) is 0 Å². The van der Waals surface area contributed by atoms with Crippen molar-refractivity contribution in [1.29, 1.82) is 0 Å². The zero-order valence-electron chi connectivity index (χ0n) is 15.4. The highest BCUT2D eigenvalue weighted by Crippen LogP contribution is 2.32. The van der Waals surface area contributed by atoms with Gasteiger partial charge in [0.05, 0.1) is 45.4 Å². The van der Waals surface area contributed by atoms with Gasteiger partial charge in [0, 0.05) is 18.2 Å². The maximum Gasteiger partial charge on any atom is 0.238 e. The van der Waals surface area contributed by atoms with Crippen LogP contribution in [0, 0.1) is 0 Å². The molecule has 0 saturated carbocycles. The van der Waals surface area contributed by atoms with E-state index in [0.29, 0.717) is 43.5 Å². The monoisotopic (exact) mass is 382 g/mol. The number of hydrogen-bond acceptors (Lipinski definition) is 6. The summed E-state index contributed by atoms with van der Waals surface area (Å²) in [7, 11) is 0. The number of nitrogens with one attached hydrogen (secondary N) is 1. The fourth-order valence-corrected chi connectivity index (χ4v) is 3.06. The van der Waals surface area contributed by atoms with E-state index in [2.05, 4.69) is 5.32 Å². The van der Waals surface area contributed by atoms with Gasteiger partial charge in [-0.05, 0) is 36.4 Å². The zero-order chi connectivity index (χ0) is 19.2. The highest BCUT2D eigenvalue weighted by molar-refractivity contribution is 5.92. The van der Waals surface area contributed by atoms with Gasteiger partial charge in [0.2, 0.25) is 5.91 Å². The Hall–Kier alpha value is -3.19. The fraction of sp³-hybridized carbons (Fsp3) is 0.286. The number of amides is 1. The Labute approximate surface area is 162 Å². The van der Waals surface area contributed by atoms with Crippen LogP contribution in [-0.4, -0.2) is 30.6 Å². The van der Waals surface area contributed by atoms with Gasteiger partial charge in [0.1, 0.15) is 11.5 Å². The van der Waals surface area contributed by atoms with Gasteiger partial charge >= 0.3 is 0 Å². The lowest BCUT2D eigenvalue weighted by Gasteiger charge is -2.19. The third kappa shape index (κ3) is 4.75. The number of ether oxygens (including phenoxy) is 2. The molecule has 0 unspecified atom stereocenters. The van der Waals surface area contributed by atoms with Crippen LogP contribution in [0.4, 0.5) is 5.69 Å². The molecule has 7 nitrogen and oxygen atoms in total. The van der Waals surface area contributed by atoms with E-state index < -0.39 is 0 Å². The molecule has 1 N–H and O–H groups in total. The van der Waals surface area contributed by atoms with Crippen molar-refractivity contribution < 1.29 is 23.1 Å². The van der Waals surface area contributed by atoms with Crippen LogP contribution in [0.1, 0.15) is 17.9 Å². The second kappa shape index (κ2) is 8.67. The van der Waals surface area contributed by atoms with E-state index in [4.69, 9.17) is 18.3 Å². The lowest BCUT2D eigenvalue weighted by atomic mass is 10.2. The highest BCUT2D eigenvalue weighted by atomic mass is 16.5. The summed E-state index contributed by atoms with van der Waals surface area (Å²) in [5.74, 6) is 2.79. The van der Waals surface area contributed by atoms with Crippen molar-refractivity contribution in [3.05, 3.63) is 66.5 Å². The van der Waals surface area contributed by atoms with Gasteiger partial charge in [-0.25, -0.2) is 0 Å². The molecule has 0 atom stereocenters. The van der Waals surface area contributed by atoms with E-state index in [1.165, 1.54) is 0 Å². The number of carbonyl (C=O) groups excluding carboxylic acids is 1. The molecule has 7 heteroatoms. The highest BCUT2D eigenvalue weighted by Gasteiger charge is 2.16. The lowest BCUT2D eigenvalue weighted by molar-refractivity contribution is -0.117. The lowest BCUT2D eigenvalue weighted by Crippen LogP contribution is -2.32. The van der Waals surface area contributed by atoms with E-state index >= 15 is 0 Å². The summed E-state index contributed by atoms with van der Waals surface area (Å²) in [6.07, 6.45) is 4.08. The van der Waals surface area contributed by atoms with Crippen LogP contribution in [0.5, 0.6) is 11.5 Å². The zero-order valence-corrected chi connectivity index (χ0v) is 15.4. The van der Waals surface area contributed by atoms with Crippen molar-refractivity contribution in [3.8, 4) is 11.5 Å². The molecule has 28 heavy (non-hydrogen) atoms. The van der Waals surface area contributed by atoms with E-state index in [-0.39, 0.29) is 12.5 Å². The number of benzene rings is 1. The van der Waals surface area contributed by atoms with Gasteiger partial charge in [-0.15, -0.1) is 0 Å². The van der Waals surface area contributed by atoms with Crippen LogP contribution in [0.2, 0.25) is 0 Å². The largest absolute Gasteiger partial charge is 0.490 e. The minimum Gasteiger partial charge on any atom is -0.490 e. The average Bonchev–Trinajstić information content (AvgIpc) is 3.32. The summed E-state index contributed by atoms with van der Waals surface area (Å²) in [6.45, 7) is 2.43. The summed E-state index contributed by atoms with van der Waals surface area (Å²) in [5, 5.41) is 2.92. The molecule has 146 valence electrons. The molecule has 0 spiro atoms. The molecule has 1 aliphatic heterocycles. The van der Waals surface area contributed by atoms with E-state index in [0.717, 1.165) is 17.9 Å². The Bertz CT molecular complexity index is 853. The smallest absolute Gasteiger partial charge is 0.238 e. The first-order chi connectivity index (χ1) is 13.8. The minimum absolute atomic E-state index is 0.132. The number of furan rings is 2. The first kappa shape index (κ1) is 18.2. The molecule has 1 aliphatic rings. The molecule has 3 heterocycles. The van der Waals surface area contributed by atoms with Crippen LogP contribution < -0.4 is 14.8 Å². The van der Waals surface area contributed by atoms with Crippen molar-refractivity contribution >= 4 is 11.6 Å². The molecule has 3 aromatic rings.